The van der Waals surface area contributed by atoms with Gasteiger partial charge < -0.3 is 13.4 Å². The van der Waals surface area contributed by atoms with Gasteiger partial charge in [0.15, 0.2) is 15.6 Å². The van der Waals surface area contributed by atoms with Crippen LogP contribution in [0, 0.1) is 0 Å². The van der Waals surface area contributed by atoms with Crippen LogP contribution in [-0.4, -0.2) is 19.7 Å². The summed E-state index contributed by atoms with van der Waals surface area (Å²) in [6.07, 6.45) is -3.64. The standard InChI is InChI=1S/C18H14BrF3N4O2S/c1-2-7-26-12-8-10(18(20,21)22)3-4-11(12)23-17(26)29-9-15-24-25-16(28-15)13-5-6-14(19)27-13/h3-6,8H,2,7,9H2,1H3. The van der Waals surface area contributed by atoms with Gasteiger partial charge in [0.2, 0.25) is 5.89 Å². The summed E-state index contributed by atoms with van der Waals surface area (Å²) in [5.41, 5.74) is 0.279. The second-order valence-electron chi connectivity index (χ2n) is 6.14. The molecule has 6 nitrogen and oxygen atoms in total. The molecule has 0 aliphatic rings. The number of thioether (sulfide) groups is 1. The van der Waals surface area contributed by atoms with E-state index in [1.807, 2.05) is 6.92 Å². The monoisotopic (exact) mass is 486 g/mol. The van der Waals surface area contributed by atoms with Gasteiger partial charge in [-0.05, 0) is 52.7 Å². The van der Waals surface area contributed by atoms with Crippen molar-refractivity contribution in [3.63, 3.8) is 0 Å². The van der Waals surface area contributed by atoms with E-state index in [0.29, 0.717) is 44.8 Å². The lowest BCUT2D eigenvalue weighted by Gasteiger charge is -2.09. The summed E-state index contributed by atoms with van der Waals surface area (Å²) in [6, 6.07) is 7.01. The van der Waals surface area contributed by atoms with Crippen molar-refractivity contribution in [1.82, 2.24) is 19.7 Å². The Labute approximate surface area is 175 Å². The van der Waals surface area contributed by atoms with Crippen molar-refractivity contribution in [2.45, 2.75) is 37.0 Å². The predicted octanol–water partition coefficient (Wildman–Crippen LogP) is 6.16. The zero-order chi connectivity index (χ0) is 20.6. The highest BCUT2D eigenvalue weighted by molar-refractivity contribution is 9.10. The van der Waals surface area contributed by atoms with Crippen LogP contribution in [0.2, 0.25) is 0 Å². The molecule has 3 aromatic heterocycles. The number of aromatic nitrogens is 4. The average Bonchev–Trinajstić information content (AvgIpc) is 3.38. The Hall–Kier alpha value is -2.27. The molecule has 4 aromatic rings. The van der Waals surface area contributed by atoms with Gasteiger partial charge in [-0.3, -0.25) is 0 Å². The molecule has 0 spiro atoms. The molecule has 0 fully saturated rings. The number of hydrogen-bond acceptors (Lipinski definition) is 6. The minimum absolute atomic E-state index is 0.253. The minimum Gasteiger partial charge on any atom is -0.444 e. The van der Waals surface area contributed by atoms with Crippen molar-refractivity contribution >= 4 is 38.7 Å². The molecule has 0 amide bonds. The minimum atomic E-state index is -4.40. The zero-order valence-corrected chi connectivity index (χ0v) is 17.4. The van der Waals surface area contributed by atoms with E-state index in [0.717, 1.165) is 18.6 Å². The van der Waals surface area contributed by atoms with Crippen molar-refractivity contribution < 1.29 is 22.0 Å². The van der Waals surface area contributed by atoms with E-state index in [1.165, 1.54) is 17.8 Å². The molecule has 0 N–H and O–H groups in total. The number of fused-ring (bicyclic) bond motifs is 1. The van der Waals surface area contributed by atoms with Crippen LogP contribution in [0.15, 0.2) is 49.0 Å². The van der Waals surface area contributed by atoms with Crippen molar-refractivity contribution in [3.8, 4) is 11.7 Å². The summed E-state index contributed by atoms with van der Waals surface area (Å²) < 4.78 is 52.6. The van der Waals surface area contributed by atoms with Gasteiger partial charge in [0.1, 0.15) is 0 Å². The quantitative estimate of drug-likeness (QED) is 0.304. The number of hydrogen-bond donors (Lipinski definition) is 0. The van der Waals surface area contributed by atoms with E-state index in [9.17, 15) is 13.2 Å². The van der Waals surface area contributed by atoms with Crippen LogP contribution in [0.25, 0.3) is 22.7 Å². The number of nitrogens with zero attached hydrogens (tertiary/aromatic N) is 4. The van der Waals surface area contributed by atoms with Gasteiger partial charge in [0.05, 0.1) is 22.3 Å². The highest BCUT2D eigenvalue weighted by atomic mass is 79.9. The van der Waals surface area contributed by atoms with Crippen LogP contribution < -0.4 is 0 Å². The van der Waals surface area contributed by atoms with E-state index in [1.54, 1.807) is 16.7 Å². The number of imidazole rings is 1. The average molecular weight is 487 g/mol. The van der Waals surface area contributed by atoms with E-state index < -0.39 is 11.7 Å². The Balaban J connectivity index is 1.59. The number of halogens is 4. The molecule has 0 aliphatic carbocycles. The molecular weight excluding hydrogens is 473 g/mol. The summed E-state index contributed by atoms with van der Waals surface area (Å²) in [5.74, 6) is 1.39. The first-order valence-corrected chi connectivity index (χ1v) is 10.4. The van der Waals surface area contributed by atoms with Gasteiger partial charge in [-0.15, -0.1) is 10.2 Å². The molecule has 0 saturated carbocycles. The molecule has 0 unspecified atom stereocenters. The molecule has 0 bridgehead atoms. The lowest BCUT2D eigenvalue weighted by Crippen LogP contribution is -2.05. The Bertz CT molecular complexity index is 1150. The normalized spacial score (nSPS) is 12.2. The fourth-order valence-corrected chi connectivity index (χ4v) is 3.98. The van der Waals surface area contributed by atoms with Crippen LogP contribution in [0.5, 0.6) is 0 Å². The van der Waals surface area contributed by atoms with Gasteiger partial charge >= 0.3 is 6.18 Å². The van der Waals surface area contributed by atoms with Crippen molar-refractivity contribution in [3.05, 3.63) is 46.5 Å². The number of benzene rings is 1. The number of rotatable bonds is 6. The Morgan fingerprint density at radius 1 is 1.14 bits per heavy atom. The van der Waals surface area contributed by atoms with Gasteiger partial charge in [-0.2, -0.15) is 13.2 Å². The van der Waals surface area contributed by atoms with Crippen molar-refractivity contribution in [2.75, 3.05) is 0 Å². The van der Waals surface area contributed by atoms with Gasteiger partial charge in [-0.25, -0.2) is 4.98 Å². The predicted molar refractivity (Wildman–Crippen MR) is 104 cm³/mol. The number of aryl methyl sites for hydroxylation is 1. The highest BCUT2D eigenvalue weighted by Crippen LogP contribution is 2.34. The molecule has 0 aliphatic heterocycles. The molecule has 0 atom stereocenters. The smallest absolute Gasteiger partial charge is 0.416 e. The largest absolute Gasteiger partial charge is 0.444 e. The van der Waals surface area contributed by atoms with Gasteiger partial charge in [-0.1, -0.05) is 18.7 Å². The molecule has 29 heavy (non-hydrogen) atoms. The third-order valence-corrected chi connectivity index (χ3v) is 5.45. The maximum absolute atomic E-state index is 13.1. The summed E-state index contributed by atoms with van der Waals surface area (Å²) in [4.78, 5) is 4.48. The highest BCUT2D eigenvalue weighted by Gasteiger charge is 2.31. The summed E-state index contributed by atoms with van der Waals surface area (Å²) in [5, 5.41) is 8.55. The lowest BCUT2D eigenvalue weighted by atomic mass is 10.2. The topological polar surface area (TPSA) is 69.9 Å². The molecule has 3 heterocycles. The zero-order valence-electron chi connectivity index (χ0n) is 15.0. The number of furan rings is 1. The van der Waals surface area contributed by atoms with E-state index in [-0.39, 0.29) is 5.89 Å². The first-order chi connectivity index (χ1) is 13.8. The lowest BCUT2D eigenvalue weighted by molar-refractivity contribution is -0.137. The SMILES string of the molecule is CCCn1c(SCc2nnc(-c3ccc(Br)o3)o2)nc2ccc(C(F)(F)F)cc21. The molecule has 152 valence electrons. The van der Waals surface area contributed by atoms with Gasteiger partial charge in [0.25, 0.3) is 5.89 Å². The Morgan fingerprint density at radius 3 is 2.66 bits per heavy atom. The van der Waals surface area contributed by atoms with Crippen LogP contribution in [0.3, 0.4) is 0 Å². The molecule has 1 aromatic carbocycles. The Kier molecular flexibility index (Phi) is 5.43. The third kappa shape index (κ3) is 4.20. The maximum Gasteiger partial charge on any atom is 0.416 e. The first kappa shape index (κ1) is 20.0. The van der Waals surface area contributed by atoms with E-state index in [2.05, 4.69) is 31.1 Å². The van der Waals surface area contributed by atoms with Crippen molar-refractivity contribution in [2.24, 2.45) is 0 Å². The van der Waals surface area contributed by atoms with Gasteiger partial charge in [0, 0.05) is 6.54 Å². The second kappa shape index (κ2) is 7.86. The van der Waals surface area contributed by atoms with Crippen LogP contribution in [0.1, 0.15) is 24.8 Å². The summed E-state index contributed by atoms with van der Waals surface area (Å²) >= 11 is 4.54. The summed E-state index contributed by atoms with van der Waals surface area (Å²) in [7, 11) is 0. The molecule has 4 rings (SSSR count). The van der Waals surface area contributed by atoms with Crippen LogP contribution >= 0.6 is 27.7 Å². The molecule has 11 heteroatoms. The van der Waals surface area contributed by atoms with Crippen LogP contribution in [0.4, 0.5) is 13.2 Å². The molecule has 0 radical (unpaired) electrons. The van der Waals surface area contributed by atoms with Crippen molar-refractivity contribution in [1.29, 1.82) is 0 Å². The molecular formula is C18H14BrF3N4O2S. The fraction of sp³-hybridized carbons (Fsp3) is 0.278. The third-order valence-electron chi connectivity index (χ3n) is 4.06. The second-order valence-corrected chi connectivity index (χ2v) is 7.86. The van der Waals surface area contributed by atoms with E-state index in [4.69, 9.17) is 8.83 Å². The maximum atomic E-state index is 13.1. The number of alkyl halides is 3. The van der Waals surface area contributed by atoms with Crippen LogP contribution in [-0.2, 0) is 18.5 Å². The molecule has 0 saturated heterocycles. The summed E-state index contributed by atoms with van der Waals surface area (Å²) in [6.45, 7) is 2.51. The van der Waals surface area contributed by atoms with E-state index >= 15 is 0 Å². The first-order valence-electron chi connectivity index (χ1n) is 8.63. The fourth-order valence-electron chi connectivity index (χ4n) is 2.79. The Morgan fingerprint density at radius 2 is 1.97 bits per heavy atom.